The van der Waals surface area contributed by atoms with Gasteiger partial charge >= 0.3 is 0 Å². The van der Waals surface area contributed by atoms with Gasteiger partial charge in [0.2, 0.25) is 0 Å². The molecule has 0 heterocycles. The third-order valence-corrected chi connectivity index (χ3v) is 4.40. The third kappa shape index (κ3) is 3.46. The lowest BCUT2D eigenvalue weighted by Crippen LogP contribution is -1.95. The first-order chi connectivity index (χ1) is 9.49. The topological polar surface area (TPSA) is 17.1 Å². The SMILES string of the molecule is CC(=O)c1cccc(SCc2c(F)ccc(Br)c2F)c1. The first-order valence-corrected chi connectivity index (χ1v) is 7.63. The molecule has 2 rings (SSSR count). The molecule has 0 aliphatic carbocycles. The van der Waals surface area contributed by atoms with Gasteiger partial charge in [0.15, 0.2) is 5.78 Å². The number of hydrogen-bond acceptors (Lipinski definition) is 2. The zero-order valence-corrected chi connectivity index (χ0v) is 13.0. The van der Waals surface area contributed by atoms with Gasteiger partial charge in [0, 0.05) is 21.8 Å². The fourth-order valence-electron chi connectivity index (χ4n) is 1.66. The van der Waals surface area contributed by atoms with Crippen LogP contribution in [-0.4, -0.2) is 5.78 Å². The molecular formula is C15H11BrF2OS. The summed E-state index contributed by atoms with van der Waals surface area (Å²) in [5.41, 5.74) is 0.614. The van der Waals surface area contributed by atoms with E-state index in [1.54, 1.807) is 18.2 Å². The van der Waals surface area contributed by atoms with Gasteiger partial charge in [-0.15, -0.1) is 11.8 Å². The molecule has 0 amide bonds. The zero-order valence-electron chi connectivity index (χ0n) is 10.6. The molecule has 0 aliphatic heterocycles. The van der Waals surface area contributed by atoms with Gasteiger partial charge in [-0.2, -0.15) is 0 Å². The van der Waals surface area contributed by atoms with Crippen molar-refractivity contribution in [3.8, 4) is 0 Å². The average Bonchev–Trinajstić information content (AvgIpc) is 2.43. The smallest absolute Gasteiger partial charge is 0.159 e. The lowest BCUT2D eigenvalue weighted by atomic mass is 10.2. The first kappa shape index (κ1) is 15.2. The van der Waals surface area contributed by atoms with Crippen molar-refractivity contribution in [3.05, 3.63) is 63.6 Å². The van der Waals surface area contributed by atoms with Crippen molar-refractivity contribution in [1.29, 1.82) is 0 Å². The van der Waals surface area contributed by atoms with Crippen LogP contribution in [0.1, 0.15) is 22.8 Å². The van der Waals surface area contributed by atoms with Gasteiger partial charge in [-0.05, 0) is 47.1 Å². The molecule has 0 saturated carbocycles. The van der Waals surface area contributed by atoms with Gasteiger partial charge in [-0.1, -0.05) is 12.1 Å². The standard InChI is InChI=1S/C15H11BrF2OS/c1-9(19)10-3-2-4-11(7-10)20-8-12-14(17)6-5-13(16)15(12)18/h2-7H,8H2,1H3. The van der Waals surface area contributed by atoms with Crippen LogP contribution in [0.3, 0.4) is 0 Å². The summed E-state index contributed by atoms with van der Waals surface area (Å²) in [6.07, 6.45) is 0. The Morgan fingerprint density at radius 1 is 1.25 bits per heavy atom. The number of carbonyl (C=O) groups is 1. The summed E-state index contributed by atoms with van der Waals surface area (Å²) >= 11 is 4.33. The Labute approximate surface area is 128 Å². The highest BCUT2D eigenvalue weighted by Gasteiger charge is 2.12. The molecule has 0 atom stereocenters. The highest BCUT2D eigenvalue weighted by molar-refractivity contribution is 9.10. The third-order valence-electron chi connectivity index (χ3n) is 2.76. The minimum Gasteiger partial charge on any atom is -0.295 e. The maximum atomic E-state index is 13.8. The summed E-state index contributed by atoms with van der Waals surface area (Å²) in [5, 5.41) is 0. The van der Waals surface area contributed by atoms with Crippen LogP contribution >= 0.6 is 27.7 Å². The monoisotopic (exact) mass is 356 g/mol. The molecule has 5 heteroatoms. The maximum absolute atomic E-state index is 13.8. The van der Waals surface area contributed by atoms with Crippen LogP contribution in [0.25, 0.3) is 0 Å². The molecule has 1 nitrogen and oxygen atoms in total. The summed E-state index contributed by atoms with van der Waals surface area (Å²) in [6, 6.07) is 9.58. The minimum absolute atomic E-state index is 0.0256. The van der Waals surface area contributed by atoms with Crippen molar-refractivity contribution in [2.24, 2.45) is 0 Å². The first-order valence-electron chi connectivity index (χ1n) is 5.85. The Kier molecular flexibility index (Phi) is 4.94. The van der Waals surface area contributed by atoms with E-state index >= 15 is 0 Å². The van der Waals surface area contributed by atoms with Crippen molar-refractivity contribution in [3.63, 3.8) is 0 Å². The molecular weight excluding hydrogens is 346 g/mol. The number of halogens is 3. The lowest BCUT2D eigenvalue weighted by Gasteiger charge is -2.07. The fourth-order valence-corrected chi connectivity index (χ4v) is 2.99. The molecule has 0 radical (unpaired) electrons. The van der Waals surface area contributed by atoms with Gasteiger partial charge in [-0.25, -0.2) is 8.78 Å². The van der Waals surface area contributed by atoms with Gasteiger partial charge in [0.05, 0.1) is 4.47 Å². The second kappa shape index (κ2) is 6.50. The molecule has 20 heavy (non-hydrogen) atoms. The maximum Gasteiger partial charge on any atom is 0.159 e. The number of carbonyl (C=O) groups excluding carboxylic acids is 1. The predicted octanol–water partition coefficient (Wildman–Crippen LogP) is 5.22. The van der Waals surface area contributed by atoms with Crippen LogP contribution in [-0.2, 0) is 5.75 Å². The Hall–Kier alpha value is -1.20. The van der Waals surface area contributed by atoms with Gasteiger partial charge in [0.25, 0.3) is 0 Å². The van der Waals surface area contributed by atoms with Gasteiger partial charge in [-0.3, -0.25) is 4.79 Å². The summed E-state index contributed by atoms with van der Waals surface area (Å²) in [7, 11) is 0. The number of benzene rings is 2. The van der Waals surface area contributed by atoms with E-state index in [9.17, 15) is 13.6 Å². The number of rotatable bonds is 4. The molecule has 0 bridgehead atoms. The highest BCUT2D eigenvalue weighted by Crippen LogP contribution is 2.29. The fraction of sp³-hybridized carbons (Fsp3) is 0.133. The summed E-state index contributed by atoms with van der Waals surface area (Å²) in [5.74, 6) is -1.02. The molecule has 0 aliphatic rings. The predicted molar refractivity (Wildman–Crippen MR) is 80.1 cm³/mol. The molecule has 0 N–H and O–H groups in total. The van der Waals surface area contributed by atoms with Crippen LogP contribution in [0.2, 0.25) is 0 Å². The van der Waals surface area contributed by atoms with E-state index in [4.69, 9.17) is 0 Å². The normalized spacial score (nSPS) is 10.6. The van der Waals surface area contributed by atoms with Crippen LogP contribution in [0, 0.1) is 11.6 Å². The number of hydrogen-bond donors (Lipinski definition) is 0. The molecule has 0 aromatic heterocycles. The van der Waals surface area contributed by atoms with E-state index in [2.05, 4.69) is 15.9 Å². The van der Waals surface area contributed by atoms with Crippen LogP contribution in [0.15, 0.2) is 45.8 Å². The van der Waals surface area contributed by atoms with Crippen molar-refractivity contribution < 1.29 is 13.6 Å². The number of thioether (sulfide) groups is 1. The number of ketones is 1. The Morgan fingerprint density at radius 2 is 2.00 bits per heavy atom. The Balaban J connectivity index is 2.19. The summed E-state index contributed by atoms with van der Waals surface area (Å²) < 4.78 is 27.7. The van der Waals surface area contributed by atoms with E-state index in [-0.39, 0.29) is 21.6 Å². The Bertz CT molecular complexity index is 658. The van der Waals surface area contributed by atoms with Crippen molar-refractivity contribution in [2.45, 2.75) is 17.6 Å². The minimum atomic E-state index is -0.583. The molecule has 0 unspecified atom stereocenters. The van der Waals surface area contributed by atoms with E-state index in [0.29, 0.717) is 5.56 Å². The molecule has 0 saturated heterocycles. The highest BCUT2D eigenvalue weighted by atomic mass is 79.9. The number of Topliss-reactive ketones (excluding diaryl/α,β-unsaturated/α-hetero) is 1. The average molecular weight is 357 g/mol. The van der Waals surface area contributed by atoms with Crippen LogP contribution < -0.4 is 0 Å². The van der Waals surface area contributed by atoms with E-state index in [0.717, 1.165) is 4.90 Å². The molecule has 2 aromatic rings. The molecule has 0 spiro atoms. The van der Waals surface area contributed by atoms with Crippen molar-refractivity contribution in [1.82, 2.24) is 0 Å². The van der Waals surface area contributed by atoms with Gasteiger partial charge < -0.3 is 0 Å². The van der Waals surface area contributed by atoms with Gasteiger partial charge in [0.1, 0.15) is 11.6 Å². The van der Waals surface area contributed by atoms with E-state index in [1.165, 1.54) is 30.8 Å². The Morgan fingerprint density at radius 3 is 2.70 bits per heavy atom. The molecule has 104 valence electrons. The lowest BCUT2D eigenvalue weighted by molar-refractivity contribution is 0.101. The summed E-state index contributed by atoms with van der Waals surface area (Å²) in [4.78, 5) is 12.1. The van der Waals surface area contributed by atoms with E-state index < -0.39 is 11.6 Å². The van der Waals surface area contributed by atoms with Crippen LogP contribution in [0.4, 0.5) is 8.78 Å². The zero-order chi connectivity index (χ0) is 14.7. The summed E-state index contributed by atoms with van der Waals surface area (Å²) in [6.45, 7) is 1.48. The van der Waals surface area contributed by atoms with Crippen LogP contribution in [0.5, 0.6) is 0 Å². The largest absolute Gasteiger partial charge is 0.295 e. The van der Waals surface area contributed by atoms with Crippen molar-refractivity contribution in [2.75, 3.05) is 0 Å². The van der Waals surface area contributed by atoms with Crippen molar-refractivity contribution >= 4 is 33.5 Å². The quantitative estimate of drug-likeness (QED) is 0.424. The molecule has 2 aromatic carbocycles. The molecule has 0 fully saturated rings. The van der Waals surface area contributed by atoms with E-state index in [1.807, 2.05) is 6.07 Å². The second-order valence-corrected chi connectivity index (χ2v) is 6.10. The second-order valence-electron chi connectivity index (χ2n) is 4.19.